The maximum atomic E-state index is 7.21. The molecule has 0 aliphatic carbocycles. The molecule has 0 saturated carbocycles. The molecule has 1 atom stereocenters. The highest BCUT2D eigenvalue weighted by atomic mass is 127. The second-order valence-corrected chi connectivity index (χ2v) is 13.6. The number of halogens is 2. The summed E-state index contributed by atoms with van der Waals surface area (Å²) in [5.41, 5.74) is 0. The molecule has 1 nitrogen and oxygen atoms in total. The lowest BCUT2D eigenvalue weighted by molar-refractivity contribution is 0.193. The third-order valence-electron chi connectivity index (χ3n) is 4.91. The molecule has 0 aliphatic heterocycles. The van der Waals surface area contributed by atoms with E-state index in [4.69, 9.17) is 16.0 Å². The fraction of sp³-hybridized carbons (Fsp3) is 0.333. The average Bonchev–Trinajstić information content (AvgIpc) is 2.68. The topological polar surface area (TPSA) is 9.23 Å². The number of hydrogen-bond acceptors (Lipinski definition) is 1. The van der Waals surface area contributed by atoms with E-state index in [1.54, 1.807) is 0 Å². The van der Waals surface area contributed by atoms with Crippen molar-refractivity contribution in [2.24, 2.45) is 0 Å². The van der Waals surface area contributed by atoms with Crippen LogP contribution < -0.4 is 10.4 Å². The van der Waals surface area contributed by atoms with Crippen molar-refractivity contribution in [3.8, 4) is 0 Å². The molecular formula is C24H30ClIOSi. The van der Waals surface area contributed by atoms with Gasteiger partial charge in [-0.1, -0.05) is 128 Å². The summed E-state index contributed by atoms with van der Waals surface area (Å²) in [5, 5.41) is 3.41. The molecule has 0 heterocycles. The predicted molar refractivity (Wildman–Crippen MR) is 134 cm³/mol. The van der Waals surface area contributed by atoms with Gasteiger partial charge in [-0.15, -0.1) is 0 Å². The first-order chi connectivity index (χ1) is 13.3. The Kier molecular flexibility index (Phi) is 9.00. The fourth-order valence-electron chi connectivity index (χ4n) is 3.63. The Labute approximate surface area is 190 Å². The molecular weight excluding hydrogens is 495 g/mol. The lowest BCUT2D eigenvalue weighted by Gasteiger charge is -2.45. The largest absolute Gasteiger partial charge is 0.404 e. The van der Waals surface area contributed by atoms with E-state index < -0.39 is 8.32 Å². The summed E-state index contributed by atoms with van der Waals surface area (Å²) in [4.78, 5) is 0. The summed E-state index contributed by atoms with van der Waals surface area (Å²) in [6.45, 7) is 8.86. The molecule has 2 aromatic rings. The predicted octanol–water partition coefficient (Wildman–Crippen LogP) is 6.80. The zero-order valence-corrected chi connectivity index (χ0v) is 21.1. The molecule has 0 fully saturated rings. The van der Waals surface area contributed by atoms with Crippen molar-refractivity contribution in [1.82, 2.24) is 0 Å². The summed E-state index contributed by atoms with van der Waals surface area (Å²) >= 11 is 8.42. The lowest BCUT2D eigenvalue weighted by Crippen LogP contribution is -2.67. The molecule has 0 amide bonds. The molecule has 28 heavy (non-hydrogen) atoms. The highest BCUT2D eigenvalue weighted by Gasteiger charge is 2.51. The minimum absolute atomic E-state index is 0.0261. The van der Waals surface area contributed by atoms with Gasteiger partial charge < -0.3 is 4.43 Å². The second kappa shape index (κ2) is 10.8. The number of rotatable bonds is 8. The van der Waals surface area contributed by atoms with E-state index >= 15 is 0 Å². The van der Waals surface area contributed by atoms with E-state index in [1.807, 2.05) is 6.92 Å². The van der Waals surface area contributed by atoms with Crippen LogP contribution in [0, 0.1) is 0 Å². The number of allylic oxidation sites excluding steroid dienone is 1. The van der Waals surface area contributed by atoms with Crippen LogP contribution in [-0.4, -0.2) is 14.4 Å². The monoisotopic (exact) mass is 524 g/mol. The number of hydrogen-bond donors (Lipinski definition) is 0. The van der Waals surface area contributed by atoms with Crippen molar-refractivity contribution in [3.05, 3.63) is 81.9 Å². The minimum Gasteiger partial charge on any atom is -0.404 e. The average molecular weight is 525 g/mol. The van der Waals surface area contributed by atoms with Crippen LogP contribution in [0.4, 0.5) is 0 Å². The van der Waals surface area contributed by atoms with Crippen LogP contribution in [0.2, 0.25) is 5.04 Å². The highest BCUT2D eigenvalue weighted by molar-refractivity contribution is 14.1. The maximum absolute atomic E-state index is 7.21. The Bertz CT molecular complexity index is 738. The molecule has 2 aromatic carbocycles. The summed E-state index contributed by atoms with van der Waals surface area (Å²) in [6, 6.07) is 21.6. The molecule has 0 saturated heterocycles. The highest BCUT2D eigenvalue weighted by Crippen LogP contribution is 2.38. The Morgan fingerprint density at radius 1 is 1.00 bits per heavy atom. The van der Waals surface area contributed by atoms with Gasteiger partial charge in [0.05, 0.1) is 6.10 Å². The third kappa shape index (κ3) is 5.82. The Hall–Kier alpha value is -0.883. The normalized spacial score (nSPS) is 14.4. The summed E-state index contributed by atoms with van der Waals surface area (Å²) in [5.74, 6) is 0. The van der Waals surface area contributed by atoms with Gasteiger partial charge in [0.25, 0.3) is 8.32 Å². The summed E-state index contributed by atoms with van der Waals surface area (Å²) in [6.07, 6.45) is 6.01. The van der Waals surface area contributed by atoms with Gasteiger partial charge in [0.2, 0.25) is 0 Å². The zero-order chi connectivity index (χ0) is 20.6. The standard InChI is InChI=1S/C24H30ClIOSi/c1-20(25)17-18-21(12-11-19-26)27-28(24(2,3)4,22-13-7-5-8-14-22)23-15-9-6-10-16-23/h5-11,13-17,19,21H,12,18H2,1-4H3/b19-11-,20-17+/t21-/m0/s1. The maximum Gasteiger partial charge on any atom is 0.261 e. The molecule has 0 spiro atoms. The van der Waals surface area contributed by atoms with E-state index in [2.05, 4.69) is 120 Å². The van der Waals surface area contributed by atoms with Crippen molar-refractivity contribution in [1.29, 1.82) is 0 Å². The molecule has 0 aliphatic rings. The van der Waals surface area contributed by atoms with E-state index in [1.165, 1.54) is 10.4 Å². The SMILES string of the molecule is C/C(Cl)=C\C[C@H](C/C=C\I)O[Si](c1ccccc1)(c1ccccc1)C(C)(C)C. The van der Waals surface area contributed by atoms with E-state index in [0.29, 0.717) is 0 Å². The van der Waals surface area contributed by atoms with Crippen LogP contribution >= 0.6 is 34.2 Å². The van der Waals surface area contributed by atoms with E-state index in [0.717, 1.165) is 17.9 Å². The zero-order valence-electron chi connectivity index (χ0n) is 17.2. The molecule has 0 bridgehead atoms. The molecule has 0 N–H and O–H groups in total. The first-order valence-electron chi connectivity index (χ1n) is 9.67. The fourth-order valence-corrected chi connectivity index (χ4v) is 8.72. The second-order valence-electron chi connectivity index (χ2n) is 8.03. The Balaban J connectivity index is 2.63. The van der Waals surface area contributed by atoms with Crippen LogP contribution in [0.15, 0.2) is 81.9 Å². The molecule has 0 unspecified atom stereocenters. The quantitative estimate of drug-likeness (QED) is 0.272. The van der Waals surface area contributed by atoms with Gasteiger partial charge in [0.15, 0.2) is 0 Å². The van der Waals surface area contributed by atoms with Gasteiger partial charge in [-0.3, -0.25) is 0 Å². The smallest absolute Gasteiger partial charge is 0.261 e. The number of benzene rings is 2. The lowest BCUT2D eigenvalue weighted by atomic mass is 10.2. The van der Waals surface area contributed by atoms with Crippen LogP contribution in [0.1, 0.15) is 40.5 Å². The Morgan fingerprint density at radius 2 is 1.50 bits per heavy atom. The Morgan fingerprint density at radius 3 is 1.89 bits per heavy atom. The van der Waals surface area contributed by atoms with Gasteiger partial charge in [-0.2, -0.15) is 0 Å². The van der Waals surface area contributed by atoms with Gasteiger partial charge in [-0.25, -0.2) is 0 Å². The molecule has 4 heteroatoms. The van der Waals surface area contributed by atoms with Crippen molar-refractivity contribution >= 4 is 52.9 Å². The summed E-state index contributed by atoms with van der Waals surface area (Å²) < 4.78 is 9.27. The van der Waals surface area contributed by atoms with Crippen molar-refractivity contribution in [3.63, 3.8) is 0 Å². The molecule has 0 radical (unpaired) electrons. The van der Waals surface area contributed by atoms with E-state index in [-0.39, 0.29) is 11.1 Å². The molecule has 0 aromatic heterocycles. The van der Waals surface area contributed by atoms with Gasteiger partial charge in [-0.05, 0) is 39.3 Å². The first kappa shape index (κ1) is 23.4. The van der Waals surface area contributed by atoms with Crippen molar-refractivity contribution in [2.75, 3.05) is 0 Å². The van der Waals surface area contributed by atoms with Gasteiger partial charge >= 0.3 is 0 Å². The first-order valence-corrected chi connectivity index (χ1v) is 13.2. The summed E-state index contributed by atoms with van der Waals surface area (Å²) in [7, 11) is -2.54. The minimum atomic E-state index is -2.54. The van der Waals surface area contributed by atoms with Crippen LogP contribution in [-0.2, 0) is 4.43 Å². The van der Waals surface area contributed by atoms with Crippen LogP contribution in [0.25, 0.3) is 0 Å². The van der Waals surface area contributed by atoms with Crippen LogP contribution in [0.5, 0.6) is 0 Å². The van der Waals surface area contributed by atoms with E-state index in [9.17, 15) is 0 Å². The van der Waals surface area contributed by atoms with Crippen molar-refractivity contribution in [2.45, 2.75) is 51.7 Å². The van der Waals surface area contributed by atoms with Gasteiger partial charge in [0.1, 0.15) is 0 Å². The van der Waals surface area contributed by atoms with Gasteiger partial charge in [0, 0.05) is 5.03 Å². The molecule has 150 valence electrons. The van der Waals surface area contributed by atoms with Crippen molar-refractivity contribution < 1.29 is 4.43 Å². The molecule has 2 rings (SSSR count). The van der Waals surface area contributed by atoms with Crippen LogP contribution in [0.3, 0.4) is 0 Å². The third-order valence-corrected chi connectivity index (χ3v) is 10.7.